The maximum Gasteiger partial charge on any atom is 0.0107 e. The van der Waals surface area contributed by atoms with Crippen LogP contribution >= 0.6 is 0 Å². The van der Waals surface area contributed by atoms with Gasteiger partial charge in [0, 0.05) is 26.2 Å². The van der Waals surface area contributed by atoms with Gasteiger partial charge in [-0.3, -0.25) is 0 Å². The fraction of sp³-hybridized carbons (Fsp3) is 1.00. The maximum atomic E-state index is 3.31. The van der Waals surface area contributed by atoms with Crippen LogP contribution in [0.15, 0.2) is 0 Å². The largest absolute Gasteiger partial charge is 0.314 e. The van der Waals surface area contributed by atoms with Gasteiger partial charge in [-0.05, 0) is 6.54 Å². The van der Waals surface area contributed by atoms with Gasteiger partial charge in [-0.25, -0.2) is 0 Å². The molecule has 0 aliphatic carbocycles. The molecular weight excluding hydrogens is 148 g/mol. The first-order valence-electron chi connectivity index (χ1n) is 5.36. The molecule has 76 valence electrons. The molecule has 0 unspecified atom stereocenters. The molecule has 1 fully saturated rings. The minimum absolute atomic E-state index is 1.17. The first-order valence-corrected chi connectivity index (χ1v) is 5.36. The highest BCUT2D eigenvalue weighted by molar-refractivity contribution is 4.64. The number of piperazine rings is 1. The average Bonchev–Trinajstić information content (AvgIpc) is 2.25. The van der Waals surface area contributed by atoms with Gasteiger partial charge in [-0.1, -0.05) is 34.6 Å². The molecule has 1 heterocycles. The van der Waals surface area contributed by atoms with Crippen LogP contribution in [0.1, 0.15) is 34.6 Å². The molecule has 1 aliphatic rings. The number of nitrogens with zero attached hydrogens (tertiary/aromatic N) is 1. The van der Waals surface area contributed by atoms with E-state index in [-0.39, 0.29) is 0 Å². The van der Waals surface area contributed by atoms with Crippen molar-refractivity contribution in [2.24, 2.45) is 0 Å². The van der Waals surface area contributed by atoms with Crippen LogP contribution in [0.2, 0.25) is 0 Å². The van der Waals surface area contributed by atoms with Crippen LogP contribution in [0.5, 0.6) is 0 Å². The van der Waals surface area contributed by atoms with Gasteiger partial charge in [0.1, 0.15) is 0 Å². The summed E-state index contributed by atoms with van der Waals surface area (Å²) in [4.78, 5) is 2.45. The predicted octanol–water partition coefficient (Wildman–Crippen LogP) is 1.96. The van der Waals surface area contributed by atoms with Crippen molar-refractivity contribution in [3.63, 3.8) is 0 Å². The Morgan fingerprint density at radius 3 is 1.67 bits per heavy atom. The van der Waals surface area contributed by atoms with E-state index in [1.807, 2.05) is 27.7 Å². The second-order valence-electron chi connectivity index (χ2n) is 2.18. The van der Waals surface area contributed by atoms with Crippen molar-refractivity contribution in [1.82, 2.24) is 10.2 Å². The van der Waals surface area contributed by atoms with Crippen LogP contribution in [-0.2, 0) is 0 Å². The molecule has 0 amide bonds. The third-order valence-corrected chi connectivity index (χ3v) is 1.66. The molecule has 0 radical (unpaired) electrons. The van der Waals surface area contributed by atoms with Gasteiger partial charge in [0.25, 0.3) is 0 Å². The van der Waals surface area contributed by atoms with E-state index < -0.39 is 0 Å². The second-order valence-corrected chi connectivity index (χ2v) is 2.18. The zero-order chi connectivity index (χ0) is 9.82. The lowest BCUT2D eigenvalue weighted by Crippen LogP contribution is -2.43. The Balaban J connectivity index is 0. The number of hydrogen-bond donors (Lipinski definition) is 1. The van der Waals surface area contributed by atoms with E-state index in [2.05, 4.69) is 17.1 Å². The van der Waals surface area contributed by atoms with Crippen molar-refractivity contribution in [3.05, 3.63) is 0 Å². The number of hydrogen-bond acceptors (Lipinski definition) is 2. The molecule has 2 heteroatoms. The normalized spacial score (nSPS) is 16.8. The molecule has 0 atom stereocenters. The van der Waals surface area contributed by atoms with Crippen molar-refractivity contribution in [2.45, 2.75) is 34.6 Å². The quantitative estimate of drug-likeness (QED) is 0.654. The molecule has 0 aromatic heterocycles. The Labute approximate surface area is 78.3 Å². The fourth-order valence-electron chi connectivity index (χ4n) is 1.03. The van der Waals surface area contributed by atoms with Gasteiger partial charge < -0.3 is 10.2 Å². The zero-order valence-corrected chi connectivity index (χ0v) is 9.48. The summed E-state index contributed by atoms with van der Waals surface area (Å²) in [5.41, 5.74) is 0. The Morgan fingerprint density at radius 1 is 1.00 bits per heavy atom. The standard InChI is InChI=1S/C6H14N2.2C2H6/c1-2-8-5-3-7-4-6-8;2*1-2/h7H,2-6H2,1H3;2*1-2H3. The molecule has 0 aromatic rings. The van der Waals surface area contributed by atoms with E-state index >= 15 is 0 Å². The summed E-state index contributed by atoms with van der Waals surface area (Å²) in [5.74, 6) is 0. The van der Waals surface area contributed by atoms with E-state index in [9.17, 15) is 0 Å². The van der Waals surface area contributed by atoms with Crippen LogP contribution in [0.25, 0.3) is 0 Å². The van der Waals surface area contributed by atoms with Crippen LogP contribution in [0, 0.1) is 0 Å². The Morgan fingerprint density at radius 2 is 1.42 bits per heavy atom. The van der Waals surface area contributed by atoms with Crippen molar-refractivity contribution in [2.75, 3.05) is 32.7 Å². The topological polar surface area (TPSA) is 15.3 Å². The van der Waals surface area contributed by atoms with Gasteiger partial charge in [0.15, 0.2) is 0 Å². The summed E-state index contributed by atoms with van der Waals surface area (Å²) in [7, 11) is 0. The lowest BCUT2D eigenvalue weighted by molar-refractivity contribution is 0.253. The highest BCUT2D eigenvalue weighted by Crippen LogP contribution is 1.88. The fourth-order valence-corrected chi connectivity index (χ4v) is 1.03. The summed E-state index contributed by atoms with van der Waals surface area (Å²) in [6, 6.07) is 0. The number of likely N-dealkylation sites (N-methyl/N-ethyl adjacent to an activating group) is 1. The van der Waals surface area contributed by atoms with Crippen LogP contribution in [0.4, 0.5) is 0 Å². The Bertz CT molecular complexity index is 58.9. The monoisotopic (exact) mass is 174 g/mol. The third-order valence-electron chi connectivity index (χ3n) is 1.66. The first kappa shape index (κ1) is 14.4. The Kier molecular flexibility index (Phi) is 16.3. The van der Waals surface area contributed by atoms with E-state index in [0.717, 1.165) is 0 Å². The number of nitrogens with one attached hydrogen (secondary N) is 1. The molecule has 0 saturated carbocycles. The Hall–Kier alpha value is -0.0800. The van der Waals surface area contributed by atoms with Crippen LogP contribution in [0.3, 0.4) is 0 Å². The molecule has 0 bridgehead atoms. The van der Waals surface area contributed by atoms with Crippen LogP contribution < -0.4 is 5.32 Å². The van der Waals surface area contributed by atoms with Gasteiger partial charge in [-0.15, -0.1) is 0 Å². The third kappa shape index (κ3) is 8.02. The molecular formula is C10H26N2. The maximum absolute atomic E-state index is 3.31. The van der Waals surface area contributed by atoms with E-state index in [0.29, 0.717) is 0 Å². The highest BCUT2D eigenvalue weighted by atomic mass is 15.2. The minimum Gasteiger partial charge on any atom is -0.314 e. The summed E-state index contributed by atoms with van der Waals surface area (Å²) in [6.45, 7) is 16.2. The smallest absolute Gasteiger partial charge is 0.0107 e. The zero-order valence-electron chi connectivity index (χ0n) is 9.48. The van der Waals surface area contributed by atoms with Crippen molar-refractivity contribution < 1.29 is 0 Å². The SMILES string of the molecule is CC.CC.CCN1CCNCC1. The highest BCUT2D eigenvalue weighted by Gasteiger charge is 2.04. The lowest BCUT2D eigenvalue weighted by atomic mass is 10.4. The summed E-state index contributed by atoms with van der Waals surface area (Å²) < 4.78 is 0. The molecule has 1 N–H and O–H groups in total. The average molecular weight is 174 g/mol. The van der Waals surface area contributed by atoms with E-state index in [1.54, 1.807) is 0 Å². The summed E-state index contributed by atoms with van der Waals surface area (Å²) >= 11 is 0. The predicted molar refractivity (Wildman–Crippen MR) is 57.7 cm³/mol. The van der Waals surface area contributed by atoms with Gasteiger partial charge in [0.2, 0.25) is 0 Å². The second kappa shape index (κ2) is 13.5. The van der Waals surface area contributed by atoms with Gasteiger partial charge in [-0.2, -0.15) is 0 Å². The van der Waals surface area contributed by atoms with Gasteiger partial charge in [0.05, 0.1) is 0 Å². The molecule has 1 saturated heterocycles. The molecule has 12 heavy (non-hydrogen) atoms. The molecule has 0 aromatic carbocycles. The van der Waals surface area contributed by atoms with E-state index in [1.165, 1.54) is 32.7 Å². The van der Waals surface area contributed by atoms with Crippen molar-refractivity contribution in [1.29, 1.82) is 0 Å². The van der Waals surface area contributed by atoms with Crippen molar-refractivity contribution >= 4 is 0 Å². The number of rotatable bonds is 1. The molecule has 1 rings (SSSR count). The van der Waals surface area contributed by atoms with E-state index in [4.69, 9.17) is 0 Å². The molecule has 0 spiro atoms. The van der Waals surface area contributed by atoms with Gasteiger partial charge >= 0.3 is 0 Å². The molecule has 1 aliphatic heterocycles. The molecule has 2 nitrogen and oxygen atoms in total. The first-order chi connectivity index (χ1) is 5.93. The van der Waals surface area contributed by atoms with Crippen molar-refractivity contribution in [3.8, 4) is 0 Å². The van der Waals surface area contributed by atoms with Crippen LogP contribution in [-0.4, -0.2) is 37.6 Å². The summed E-state index contributed by atoms with van der Waals surface area (Å²) in [5, 5.41) is 3.31. The lowest BCUT2D eigenvalue weighted by Gasteiger charge is -2.25. The minimum atomic E-state index is 1.17. The summed E-state index contributed by atoms with van der Waals surface area (Å²) in [6.07, 6.45) is 0.